The van der Waals surface area contributed by atoms with Crippen molar-refractivity contribution in [2.24, 2.45) is 0 Å². The van der Waals surface area contributed by atoms with Crippen molar-refractivity contribution in [2.75, 3.05) is 0 Å². The molecule has 14 heavy (non-hydrogen) atoms. The van der Waals surface area contributed by atoms with Gasteiger partial charge in [-0.05, 0) is 25.5 Å². The second-order valence-electron chi connectivity index (χ2n) is 3.33. The summed E-state index contributed by atoms with van der Waals surface area (Å²) in [5, 5.41) is 9.60. The highest BCUT2D eigenvalue weighted by atomic mass is 35.5. The van der Waals surface area contributed by atoms with Crippen LogP contribution in [0.1, 0.15) is 17.0 Å². The number of rotatable bonds is 1. The van der Waals surface area contributed by atoms with Gasteiger partial charge in [-0.3, -0.25) is 0 Å². The summed E-state index contributed by atoms with van der Waals surface area (Å²) in [5.41, 5.74) is 3.56. The number of aromatic nitrogens is 2. The first-order chi connectivity index (χ1) is 6.63. The molecule has 4 heteroatoms. The first-order valence-corrected chi connectivity index (χ1v) is 4.76. The number of hydrogen-bond donors (Lipinski definition) is 1. The first kappa shape index (κ1) is 9.49. The van der Waals surface area contributed by atoms with Crippen molar-refractivity contribution in [3.8, 4) is 0 Å². The minimum atomic E-state index is -0.00761. The summed E-state index contributed by atoms with van der Waals surface area (Å²) in [5.74, 6) is 0. The maximum Gasteiger partial charge on any atom is 0.156 e. The molecular formula is C10H11ClN2O. The predicted molar refractivity (Wildman–Crippen MR) is 55.6 cm³/mol. The van der Waals surface area contributed by atoms with E-state index in [0.717, 1.165) is 22.6 Å². The molecule has 3 nitrogen and oxygen atoms in total. The van der Waals surface area contributed by atoms with E-state index >= 15 is 0 Å². The van der Waals surface area contributed by atoms with Crippen LogP contribution in [0, 0.1) is 13.8 Å². The molecule has 2 aromatic rings. The summed E-state index contributed by atoms with van der Waals surface area (Å²) >= 11 is 6.03. The molecule has 0 unspecified atom stereocenters. The standard InChI is InChI=1S/C10H11ClN2O/c1-6-7(2)13-4-8(5-14)3-9(11)10(13)12-6/h3-4,14H,5H2,1-2H3. The fraction of sp³-hybridized carbons (Fsp3) is 0.300. The number of fused-ring (bicyclic) bond motifs is 1. The van der Waals surface area contributed by atoms with E-state index in [1.54, 1.807) is 6.07 Å². The van der Waals surface area contributed by atoms with Crippen LogP contribution in [-0.2, 0) is 6.61 Å². The zero-order valence-corrected chi connectivity index (χ0v) is 8.84. The molecule has 0 radical (unpaired) electrons. The lowest BCUT2D eigenvalue weighted by atomic mass is 10.3. The van der Waals surface area contributed by atoms with Gasteiger partial charge in [0.05, 0.1) is 17.3 Å². The lowest BCUT2D eigenvalue weighted by molar-refractivity contribution is 0.281. The number of pyridine rings is 1. The lowest BCUT2D eigenvalue weighted by Crippen LogP contribution is -1.93. The van der Waals surface area contributed by atoms with Crippen molar-refractivity contribution >= 4 is 17.2 Å². The Morgan fingerprint density at radius 3 is 2.86 bits per heavy atom. The van der Waals surface area contributed by atoms with Gasteiger partial charge in [0.25, 0.3) is 0 Å². The number of hydrogen-bond acceptors (Lipinski definition) is 2. The van der Waals surface area contributed by atoms with Gasteiger partial charge in [-0.1, -0.05) is 11.6 Å². The molecule has 74 valence electrons. The molecular weight excluding hydrogens is 200 g/mol. The van der Waals surface area contributed by atoms with Crippen molar-refractivity contribution in [1.82, 2.24) is 9.38 Å². The summed E-state index contributed by atoms with van der Waals surface area (Å²) < 4.78 is 1.91. The molecule has 0 fully saturated rings. The average molecular weight is 211 g/mol. The van der Waals surface area contributed by atoms with E-state index < -0.39 is 0 Å². The highest BCUT2D eigenvalue weighted by Crippen LogP contribution is 2.21. The molecule has 0 aliphatic rings. The Morgan fingerprint density at radius 1 is 1.50 bits per heavy atom. The Balaban J connectivity index is 2.83. The molecule has 0 aromatic carbocycles. The fourth-order valence-electron chi connectivity index (χ4n) is 1.47. The maximum atomic E-state index is 9.03. The second-order valence-corrected chi connectivity index (χ2v) is 3.74. The Morgan fingerprint density at radius 2 is 2.21 bits per heavy atom. The maximum absolute atomic E-state index is 9.03. The molecule has 0 atom stereocenters. The Hall–Kier alpha value is -1.06. The van der Waals surface area contributed by atoms with Gasteiger partial charge >= 0.3 is 0 Å². The first-order valence-electron chi connectivity index (χ1n) is 4.38. The monoisotopic (exact) mass is 210 g/mol. The molecule has 0 spiro atoms. The normalized spacial score (nSPS) is 11.1. The Labute approximate surface area is 87.0 Å². The molecule has 0 aliphatic carbocycles. The molecule has 2 rings (SSSR count). The van der Waals surface area contributed by atoms with Gasteiger partial charge in [-0.2, -0.15) is 0 Å². The van der Waals surface area contributed by atoms with E-state index in [1.165, 1.54) is 0 Å². The molecule has 0 saturated carbocycles. The van der Waals surface area contributed by atoms with Crippen molar-refractivity contribution in [2.45, 2.75) is 20.5 Å². The van der Waals surface area contributed by atoms with Gasteiger partial charge < -0.3 is 9.51 Å². The SMILES string of the molecule is Cc1nc2c(Cl)cc(CO)cn2c1C. The highest BCUT2D eigenvalue weighted by molar-refractivity contribution is 6.33. The summed E-state index contributed by atoms with van der Waals surface area (Å²) in [6.07, 6.45) is 1.86. The smallest absolute Gasteiger partial charge is 0.156 e. The number of aryl methyl sites for hydroxylation is 2. The Bertz CT molecular complexity index is 490. The van der Waals surface area contributed by atoms with Gasteiger partial charge in [0.15, 0.2) is 5.65 Å². The fourth-order valence-corrected chi connectivity index (χ4v) is 1.74. The average Bonchev–Trinajstić information content (AvgIpc) is 2.45. The molecule has 2 aromatic heterocycles. The van der Waals surface area contributed by atoms with Crippen LogP contribution in [0.4, 0.5) is 0 Å². The van der Waals surface area contributed by atoms with Crippen molar-refractivity contribution in [1.29, 1.82) is 0 Å². The van der Waals surface area contributed by atoms with Crippen LogP contribution in [0.3, 0.4) is 0 Å². The lowest BCUT2D eigenvalue weighted by Gasteiger charge is -2.02. The minimum Gasteiger partial charge on any atom is -0.392 e. The topological polar surface area (TPSA) is 37.5 Å². The number of aliphatic hydroxyl groups excluding tert-OH is 1. The minimum absolute atomic E-state index is 0.00761. The van der Waals surface area contributed by atoms with Crippen molar-refractivity contribution < 1.29 is 5.11 Å². The summed E-state index contributed by atoms with van der Waals surface area (Å²) in [6, 6.07) is 1.74. The molecule has 0 bridgehead atoms. The van der Waals surface area contributed by atoms with Crippen molar-refractivity contribution in [3.05, 3.63) is 34.2 Å². The Kier molecular flexibility index (Phi) is 2.21. The van der Waals surface area contributed by atoms with E-state index in [4.69, 9.17) is 16.7 Å². The molecule has 1 N–H and O–H groups in total. The molecule has 2 heterocycles. The number of aliphatic hydroxyl groups is 1. The van der Waals surface area contributed by atoms with Crippen LogP contribution in [0.15, 0.2) is 12.3 Å². The van der Waals surface area contributed by atoms with Gasteiger partial charge in [-0.15, -0.1) is 0 Å². The van der Waals surface area contributed by atoms with Gasteiger partial charge in [0.2, 0.25) is 0 Å². The van der Waals surface area contributed by atoms with E-state index in [9.17, 15) is 0 Å². The van der Waals surface area contributed by atoms with Crippen LogP contribution in [-0.4, -0.2) is 14.5 Å². The number of imidazole rings is 1. The van der Waals surface area contributed by atoms with Crippen LogP contribution >= 0.6 is 11.6 Å². The van der Waals surface area contributed by atoms with E-state index in [-0.39, 0.29) is 6.61 Å². The second kappa shape index (κ2) is 3.26. The zero-order valence-electron chi connectivity index (χ0n) is 8.08. The van der Waals surface area contributed by atoms with E-state index in [2.05, 4.69) is 4.98 Å². The third-order valence-electron chi connectivity index (χ3n) is 2.39. The van der Waals surface area contributed by atoms with Gasteiger partial charge in [-0.25, -0.2) is 4.98 Å². The largest absolute Gasteiger partial charge is 0.392 e. The third kappa shape index (κ3) is 1.29. The molecule has 0 saturated heterocycles. The molecule has 0 amide bonds. The number of halogens is 1. The third-order valence-corrected chi connectivity index (χ3v) is 2.67. The van der Waals surface area contributed by atoms with Crippen LogP contribution in [0.2, 0.25) is 5.02 Å². The van der Waals surface area contributed by atoms with E-state index in [1.807, 2.05) is 24.4 Å². The predicted octanol–water partition coefficient (Wildman–Crippen LogP) is 2.10. The zero-order chi connectivity index (χ0) is 10.3. The van der Waals surface area contributed by atoms with Gasteiger partial charge in [0.1, 0.15) is 0 Å². The number of nitrogens with zero attached hydrogens (tertiary/aromatic N) is 2. The molecule has 0 aliphatic heterocycles. The summed E-state index contributed by atoms with van der Waals surface area (Å²) in [6.45, 7) is 3.91. The van der Waals surface area contributed by atoms with Crippen molar-refractivity contribution in [3.63, 3.8) is 0 Å². The van der Waals surface area contributed by atoms with Crippen LogP contribution in [0.25, 0.3) is 5.65 Å². The van der Waals surface area contributed by atoms with Gasteiger partial charge in [0, 0.05) is 11.9 Å². The quantitative estimate of drug-likeness (QED) is 0.783. The summed E-state index contributed by atoms with van der Waals surface area (Å²) in [4.78, 5) is 4.34. The van der Waals surface area contributed by atoms with Crippen LogP contribution < -0.4 is 0 Å². The summed E-state index contributed by atoms with van der Waals surface area (Å²) in [7, 11) is 0. The van der Waals surface area contributed by atoms with Crippen LogP contribution in [0.5, 0.6) is 0 Å². The van der Waals surface area contributed by atoms with E-state index in [0.29, 0.717) is 5.02 Å². The highest BCUT2D eigenvalue weighted by Gasteiger charge is 2.08.